The maximum absolute atomic E-state index is 12.3. The molecular formula is C27H33ClN2O4. The zero-order valence-corrected chi connectivity index (χ0v) is 21.1. The monoisotopic (exact) mass is 484 g/mol. The summed E-state index contributed by atoms with van der Waals surface area (Å²) in [6.07, 6.45) is 7.37. The molecule has 0 bridgehead atoms. The zero-order chi connectivity index (χ0) is 23.1. The van der Waals surface area contributed by atoms with Crippen molar-refractivity contribution in [1.29, 1.82) is 0 Å². The number of nitrogens with zero attached hydrogens (tertiary/aromatic N) is 1. The number of methoxy groups -OCH3 is 2. The normalized spacial score (nSPS) is 18.9. The summed E-state index contributed by atoms with van der Waals surface area (Å²) >= 11 is 0. The van der Waals surface area contributed by atoms with Gasteiger partial charge in [0.05, 0.1) is 38.2 Å². The lowest BCUT2D eigenvalue weighted by molar-refractivity contribution is 0.147. The highest BCUT2D eigenvalue weighted by Crippen LogP contribution is 2.47. The fourth-order valence-corrected chi connectivity index (χ4v) is 5.66. The topological polar surface area (TPSA) is 69.7 Å². The Balaban J connectivity index is 0.00000274. The van der Waals surface area contributed by atoms with Crippen LogP contribution in [0, 0.1) is 17.8 Å². The van der Waals surface area contributed by atoms with Crippen LogP contribution in [0.5, 0.6) is 11.5 Å². The van der Waals surface area contributed by atoms with Crippen LogP contribution in [0.25, 0.3) is 21.7 Å². The van der Waals surface area contributed by atoms with Gasteiger partial charge < -0.3 is 14.2 Å². The molecule has 0 radical (unpaired) electrons. The maximum atomic E-state index is 12.3. The Morgan fingerprint density at radius 2 is 1.65 bits per heavy atom. The molecule has 1 heterocycles. The van der Waals surface area contributed by atoms with Gasteiger partial charge in [0.15, 0.2) is 11.5 Å². The van der Waals surface area contributed by atoms with Crippen LogP contribution in [0.4, 0.5) is 10.5 Å². The quantitative estimate of drug-likeness (QED) is 0.416. The molecule has 2 atom stereocenters. The fourth-order valence-electron chi connectivity index (χ4n) is 5.66. The van der Waals surface area contributed by atoms with Gasteiger partial charge in [0.1, 0.15) is 0 Å². The second-order valence-electron chi connectivity index (χ2n) is 9.81. The highest BCUT2D eigenvalue weighted by Gasteiger charge is 2.34. The third-order valence-corrected chi connectivity index (χ3v) is 7.22. The Morgan fingerprint density at radius 3 is 2.29 bits per heavy atom. The summed E-state index contributed by atoms with van der Waals surface area (Å²) in [7, 11) is 3.33. The Labute approximate surface area is 206 Å². The van der Waals surface area contributed by atoms with Gasteiger partial charge in [0, 0.05) is 5.39 Å². The van der Waals surface area contributed by atoms with Crippen molar-refractivity contribution in [2.75, 3.05) is 26.1 Å². The molecule has 0 spiro atoms. The Kier molecular flexibility index (Phi) is 7.08. The smallest absolute Gasteiger partial charge is 0.411 e. The van der Waals surface area contributed by atoms with E-state index in [4.69, 9.17) is 19.2 Å². The molecule has 2 aliphatic rings. The minimum absolute atomic E-state index is 0. The number of hydrogen-bond acceptors (Lipinski definition) is 5. The second-order valence-corrected chi connectivity index (χ2v) is 9.81. The summed E-state index contributed by atoms with van der Waals surface area (Å²) < 4.78 is 16.6. The maximum Gasteiger partial charge on any atom is 0.411 e. The number of aromatic nitrogens is 1. The molecule has 1 aromatic heterocycles. The summed E-state index contributed by atoms with van der Waals surface area (Å²) in [4.78, 5) is 17.1. The lowest BCUT2D eigenvalue weighted by Crippen LogP contribution is -2.21. The molecule has 1 fully saturated rings. The fraction of sp³-hybridized carbons (Fsp3) is 0.481. The number of fused-ring (bicyclic) bond motifs is 7. The molecule has 2 aliphatic carbocycles. The molecule has 6 nitrogen and oxygen atoms in total. The Morgan fingerprint density at radius 1 is 1.00 bits per heavy atom. The molecule has 0 saturated heterocycles. The number of benzene rings is 2. The standard InChI is InChI=1S/C27H32N2O4.ClH/c1-15(2)14-33-27(30)29-18-10-23-21-12-25(32-4)24(31-3)11-20(21)19-8-16-6-5-7-17(16)9-22(19)26(23)28-13-18;/h10-13,15-17H,5-9,14H2,1-4H3,(H,29,30);1H. The average Bonchev–Trinajstić information content (AvgIpc) is 3.28. The predicted octanol–water partition coefficient (Wildman–Crippen LogP) is 6.55. The molecule has 1 saturated carbocycles. The van der Waals surface area contributed by atoms with Crippen LogP contribution in [0.3, 0.4) is 0 Å². The van der Waals surface area contributed by atoms with Gasteiger partial charge in [-0.15, -0.1) is 12.4 Å². The summed E-state index contributed by atoms with van der Waals surface area (Å²) in [6, 6.07) is 6.16. The molecule has 5 rings (SSSR count). The van der Waals surface area contributed by atoms with Crippen molar-refractivity contribution in [3.63, 3.8) is 0 Å². The van der Waals surface area contributed by atoms with E-state index in [9.17, 15) is 4.79 Å². The minimum Gasteiger partial charge on any atom is -0.493 e. The zero-order valence-electron chi connectivity index (χ0n) is 20.3. The van der Waals surface area contributed by atoms with Gasteiger partial charge in [0.25, 0.3) is 0 Å². The van der Waals surface area contributed by atoms with E-state index >= 15 is 0 Å². The number of pyridine rings is 1. The molecule has 0 aliphatic heterocycles. The Hall–Kier alpha value is -2.73. The number of amides is 1. The lowest BCUT2D eigenvalue weighted by atomic mass is 9.75. The highest BCUT2D eigenvalue weighted by atomic mass is 35.5. The van der Waals surface area contributed by atoms with E-state index in [0.29, 0.717) is 18.0 Å². The second kappa shape index (κ2) is 9.87. The van der Waals surface area contributed by atoms with E-state index in [1.165, 1.54) is 35.8 Å². The minimum atomic E-state index is -0.458. The van der Waals surface area contributed by atoms with Gasteiger partial charge >= 0.3 is 6.09 Å². The van der Waals surface area contributed by atoms with Crippen LogP contribution < -0.4 is 14.8 Å². The first-order valence-electron chi connectivity index (χ1n) is 11.9. The van der Waals surface area contributed by atoms with Crippen molar-refractivity contribution < 1.29 is 19.0 Å². The van der Waals surface area contributed by atoms with Crippen LogP contribution in [0.1, 0.15) is 44.2 Å². The van der Waals surface area contributed by atoms with Gasteiger partial charge in [0.2, 0.25) is 0 Å². The van der Waals surface area contributed by atoms with Gasteiger partial charge in [-0.3, -0.25) is 10.3 Å². The van der Waals surface area contributed by atoms with Crippen LogP contribution >= 0.6 is 12.4 Å². The third kappa shape index (κ3) is 4.36. The number of carbonyl (C=O) groups excluding carboxylic acids is 1. The summed E-state index contributed by atoms with van der Waals surface area (Å²) in [5.41, 5.74) is 4.39. The van der Waals surface area contributed by atoms with E-state index in [1.54, 1.807) is 20.4 Å². The number of anilines is 1. The molecular weight excluding hydrogens is 452 g/mol. The number of ether oxygens (including phenoxy) is 3. The van der Waals surface area contributed by atoms with Crippen LogP contribution in [0.15, 0.2) is 24.4 Å². The van der Waals surface area contributed by atoms with Crippen molar-refractivity contribution in [2.24, 2.45) is 17.8 Å². The number of halogens is 1. The van der Waals surface area contributed by atoms with E-state index in [1.807, 2.05) is 26.0 Å². The van der Waals surface area contributed by atoms with Crippen molar-refractivity contribution >= 4 is 45.9 Å². The van der Waals surface area contributed by atoms with E-state index in [0.717, 1.165) is 46.7 Å². The molecule has 2 aromatic carbocycles. The number of nitrogens with one attached hydrogen (secondary N) is 1. The van der Waals surface area contributed by atoms with Crippen molar-refractivity contribution in [3.8, 4) is 11.5 Å². The summed E-state index contributed by atoms with van der Waals surface area (Å²) in [5.74, 6) is 3.20. The number of rotatable bonds is 5. The average molecular weight is 485 g/mol. The molecule has 1 amide bonds. The van der Waals surface area contributed by atoms with Gasteiger partial charge in [-0.05, 0) is 83.5 Å². The molecule has 1 N–H and O–H groups in total. The first kappa shape index (κ1) is 24.4. The van der Waals surface area contributed by atoms with E-state index < -0.39 is 6.09 Å². The van der Waals surface area contributed by atoms with Crippen molar-refractivity contribution in [2.45, 2.75) is 46.0 Å². The van der Waals surface area contributed by atoms with Crippen molar-refractivity contribution in [1.82, 2.24) is 4.98 Å². The predicted molar refractivity (Wildman–Crippen MR) is 138 cm³/mol. The largest absolute Gasteiger partial charge is 0.493 e. The molecule has 182 valence electrons. The van der Waals surface area contributed by atoms with Gasteiger partial charge in [-0.2, -0.15) is 0 Å². The van der Waals surface area contributed by atoms with Crippen LogP contribution in [-0.2, 0) is 17.6 Å². The number of hydrogen-bond donors (Lipinski definition) is 1. The molecule has 7 heteroatoms. The van der Waals surface area contributed by atoms with Gasteiger partial charge in [-0.1, -0.05) is 20.3 Å². The van der Waals surface area contributed by atoms with Crippen molar-refractivity contribution in [3.05, 3.63) is 35.5 Å². The van der Waals surface area contributed by atoms with Crippen LogP contribution in [-0.4, -0.2) is 31.9 Å². The first-order valence-corrected chi connectivity index (χ1v) is 11.9. The summed E-state index contributed by atoms with van der Waals surface area (Å²) in [5, 5.41) is 6.13. The summed E-state index contributed by atoms with van der Waals surface area (Å²) in [6.45, 7) is 4.40. The third-order valence-electron chi connectivity index (χ3n) is 7.22. The molecule has 34 heavy (non-hydrogen) atoms. The molecule has 3 aromatic rings. The Bertz CT molecular complexity index is 1230. The van der Waals surface area contributed by atoms with E-state index in [2.05, 4.69) is 11.4 Å². The van der Waals surface area contributed by atoms with Crippen LogP contribution in [0.2, 0.25) is 0 Å². The molecule has 2 unspecified atom stereocenters. The van der Waals surface area contributed by atoms with Gasteiger partial charge in [-0.25, -0.2) is 4.79 Å². The SMILES string of the molecule is COc1cc2c3c(c4ncc(NC(=O)OCC(C)C)cc4c2cc1OC)CC1CCCC1C3.Cl. The van der Waals surface area contributed by atoms with E-state index in [-0.39, 0.29) is 18.3 Å². The lowest BCUT2D eigenvalue weighted by Gasteiger charge is -2.30. The highest BCUT2D eigenvalue weighted by molar-refractivity contribution is 6.11. The number of carbonyl (C=O) groups is 1. The first-order chi connectivity index (χ1) is 16.0.